The SMILES string of the molecule is CC1(C)OCC(COc2ccc(C3C(C(F)(F)F)=C(C#N)C=CC3(C)C)cc2)O1. The summed E-state index contributed by atoms with van der Waals surface area (Å²) in [4.78, 5) is 0. The Labute approximate surface area is 168 Å². The fourth-order valence-electron chi connectivity index (χ4n) is 3.81. The topological polar surface area (TPSA) is 51.5 Å². The molecular weight excluding hydrogens is 383 g/mol. The third-order valence-corrected chi connectivity index (χ3v) is 5.14. The Bertz CT molecular complexity index is 861. The minimum atomic E-state index is -4.60. The lowest BCUT2D eigenvalue weighted by Crippen LogP contribution is -2.32. The summed E-state index contributed by atoms with van der Waals surface area (Å²) >= 11 is 0. The summed E-state index contributed by atoms with van der Waals surface area (Å²) in [6, 6.07) is 8.22. The zero-order valence-electron chi connectivity index (χ0n) is 16.8. The maximum absolute atomic E-state index is 13.8. The van der Waals surface area contributed by atoms with Crippen LogP contribution in [0.4, 0.5) is 13.2 Å². The van der Waals surface area contributed by atoms with Crippen LogP contribution >= 0.6 is 0 Å². The van der Waals surface area contributed by atoms with Crippen molar-refractivity contribution in [3.63, 3.8) is 0 Å². The van der Waals surface area contributed by atoms with Crippen LogP contribution in [-0.4, -0.2) is 31.3 Å². The number of rotatable bonds is 4. The van der Waals surface area contributed by atoms with Gasteiger partial charge in [0.2, 0.25) is 0 Å². The third-order valence-electron chi connectivity index (χ3n) is 5.14. The van der Waals surface area contributed by atoms with Crippen LogP contribution in [0.15, 0.2) is 47.6 Å². The van der Waals surface area contributed by atoms with Crippen molar-refractivity contribution in [3.05, 3.63) is 53.1 Å². The quantitative estimate of drug-likeness (QED) is 0.682. The summed E-state index contributed by atoms with van der Waals surface area (Å²) < 4.78 is 58.3. The molecular formula is C22H24F3NO3. The van der Waals surface area contributed by atoms with Crippen molar-refractivity contribution >= 4 is 0 Å². The maximum atomic E-state index is 13.8. The number of nitriles is 1. The summed E-state index contributed by atoms with van der Waals surface area (Å²) in [5, 5.41) is 9.21. The van der Waals surface area contributed by atoms with Crippen molar-refractivity contribution in [2.45, 2.75) is 51.7 Å². The molecule has 2 aliphatic rings. The van der Waals surface area contributed by atoms with E-state index in [0.29, 0.717) is 17.9 Å². The fourth-order valence-corrected chi connectivity index (χ4v) is 3.81. The molecule has 156 valence electrons. The number of halogens is 3. The molecule has 1 aliphatic heterocycles. The Morgan fingerprint density at radius 2 is 1.83 bits per heavy atom. The minimum Gasteiger partial charge on any atom is -0.491 e. The standard InChI is InChI=1S/C22H24F3NO3/c1-20(2)10-9-15(11-26)19(22(23,24)25)18(20)14-5-7-16(8-6-14)27-12-17-13-28-21(3,4)29-17/h5-10,17-18H,12-13H2,1-4H3. The number of benzene rings is 1. The van der Waals surface area contributed by atoms with Crippen LogP contribution in [0.1, 0.15) is 39.2 Å². The number of allylic oxidation sites excluding steroid dienone is 4. The molecule has 0 bridgehead atoms. The predicted octanol–water partition coefficient (Wildman–Crippen LogP) is 5.28. The molecule has 1 saturated heterocycles. The van der Waals surface area contributed by atoms with Crippen LogP contribution in [0.25, 0.3) is 0 Å². The van der Waals surface area contributed by atoms with Crippen molar-refractivity contribution < 1.29 is 27.4 Å². The molecule has 1 heterocycles. The maximum Gasteiger partial charge on any atom is 0.414 e. The number of nitrogens with zero attached hydrogens (tertiary/aromatic N) is 1. The molecule has 0 radical (unpaired) electrons. The summed E-state index contributed by atoms with van der Waals surface area (Å²) in [5.74, 6) is -1.09. The van der Waals surface area contributed by atoms with Crippen LogP contribution in [-0.2, 0) is 9.47 Å². The molecule has 0 spiro atoms. The van der Waals surface area contributed by atoms with E-state index in [4.69, 9.17) is 14.2 Å². The van der Waals surface area contributed by atoms with Crippen molar-refractivity contribution in [3.8, 4) is 11.8 Å². The molecule has 1 aliphatic carbocycles. The van der Waals surface area contributed by atoms with E-state index in [1.807, 2.05) is 13.8 Å². The van der Waals surface area contributed by atoms with E-state index in [2.05, 4.69) is 0 Å². The van der Waals surface area contributed by atoms with Crippen molar-refractivity contribution in [2.75, 3.05) is 13.2 Å². The molecule has 2 unspecified atom stereocenters. The Morgan fingerprint density at radius 3 is 2.34 bits per heavy atom. The van der Waals surface area contributed by atoms with Gasteiger partial charge in [0.05, 0.1) is 23.8 Å². The van der Waals surface area contributed by atoms with Crippen LogP contribution in [0.2, 0.25) is 0 Å². The van der Waals surface area contributed by atoms with Gasteiger partial charge in [-0.05, 0) is 43.0 Å². The first kappa shape index (κ1) is 21.4. The molecule has 0 amide bonds. The largest absolute Gasteiger partial charge is 0.491 e. The molecule has 4 nitrogen and oxygen atoms in total. The van der Waals surface area contributed by atoms with Gasteiger partial charge in [0.15, 0.2) is 5.79 Å². The van der Waals surface area contributed by atoms with E-state index >= 15 is 0 Å². The van der Waals surface area contributed by atoms with E-state index < -0.39 is 28.9 Å². The predicted molar refractivity (Wildman–Crippen MR) is 101 cm³/mol. The smallest absolute Gasteiger partial charge is 0.414 e. The van der Waals surface area contributed by atoms with E-state index in [-0.39, 0.29) is 18.3 Å². The van der Waals surface area contributed by atoms with Gasteiger partial charge in [-0.25, -0.2) is 0 Å². The molecule has 1 aromatic rings. The summed E-state index contributed by atoms with van der Waals surface area (Å²) in [6.07, 6.45) is -1.87. The van der Waals surface area contributed by atoms with Gasteiger partial charge in [0.25, 0.3) is 0 Å². The van der Waals surface area contributed by atoms with E-state index in [9.17, 15) is 18.4 Å². The highest BCUT2D eigenvalue weighted by molar-refractivity contribution is 5.51. The van der Waals surface area contributed by atoms with Gasteiger partial charge in [0, 0.05) is 5.92 Å². The van der Waals surface area contributed by atoms with Gasteiger partial charge in [-0.1, -0.05) is 32.1 Å². The normalized spacial score (nSPS) is 25.7. The second kappa shape index (κ2) is 7.51. The fraction of sp³-hybridized carbons (Fsp3) is 0.500. The molecule has 0 saturated carbocycles. The average Bonchev–Trinajstić information content (AvgIpc) is 2.98. The molecule has 1 fully saturated rings. The van der Waals surface area contributed by atoms with Crippen molar-refractivity contribution in [1.29, 1.82) is 5.26 Å². The summed E-state index contributed by atoms with van der Waals surface area (Å²) in [6.45, 7) is 7.82. The van der Waals surface area contributed by atoms with Crippen LogP contribution < -0.4 is 4.74 Å². The number of alkyl halides is 3. The van der Waals surface area contributed by atoms with E-state index in [1.165, 1.54) is 6.08 Å². The Hall–Kier alpha value is -2.30. The summed E-state index contributed by atoms with van der Waals surface area (Å²) in [7, 11) is 0. The number of ether oxygens (including phenoxy) is 3. The average molecular weight is 407 g/mol. The molecule has 2 atom stereocenters. The van der Waals surface area contributed by atoms with Crippen molar-refractivity contribution in [2.24, 2.45) is 5.41 Å². The molecule has 3 rings (SSSR count). The van der Waals surface area contributed by atoms with E-state index in [0.717, 1.165) is 0 Å². The second-order valence-electron chi connectivity index (χ2n) is 8.36. The van der Waals surface area contributed by atoms with Crippen LogP contribution in [0, 0.1) is 16.7 Å². The first-order valence-electron chi connectivity index (χ1n) is 9.38. The second-order valence-corrected chi connectivity index (χ2v) is 8.36. The highest BCUT2D eigenvalue weighted by atomic mass is 19.4. The minimum absolute atomic E-state index is 0.204. The molecule has 7 heteroatoms. The van der Waals surface area contributed by atoms with Gasteiger partial charge in [-0.2, -0.15) is 18.4 Å². The van der Waals surface area contributed by atoms with Gasteiger partial charge in [-0.3, -0.25) is 0 Å². The van der Waals surface area contributed by atoms with E-state index in [1.54, 1.807) is 50.3 Å². The first-order valence-corrected chi connectivity index (χ1v) is 9.38. The Kier molecular flexibility index (Phi) is 5.54. The van der Waals surface area contributed by atoms with Gasteiger partial charge >= 0.3 is 6.18 Å². The lowest BCUT2D eigenvalue weighted by atomic mass is 9.67. The van der Waals surface area contributed by atoms with Crippen LogP contribution in [0.5, 0.6) is 5.75 Å². The molecule has 1 aromatic carbocycles. The Morgan fingerprint density at radius 1 is 1.17 bits per heavy atom. The van der Waals surface area contributed by atoms with Crippen LogP contribution in [0.3, 0.4) is 0 Å². The van der Waals surface area contributed by atoms with Gasteiger partial charge in [-0.15, -0.1) is 0 Å². The molecule has 0 N–H and O–H groups in total. The monoisotopic (exact) mass is 407 g/mol. The first-order chi connectivity index (χ1) is 13.4. The van der Waals surface area contributed by atoms with Gasteiger partial charge in [0.1, 0.15) is 18.5 Å². The third kappa shape index (κ3) is 4.65. The molecule has 29 heavy (non-hydrogen) atoms. The number of hydrogen-bond acceptors (Lipinski definition) is 4. The zero-order valence-corrected chi connectivity index (χ0v) is 16.8. The zero-order chi connectivity index (χ0) is 21.4. The van der Waals surface area contributed by atoms with Gasteiger partial charge < -0.3 is 14.2 Å². The Balaban J connectivity index is 1.81. The summed E-state index contributed by atoms with van der Waals surface area (Å²) in [5.41, 5.74) is -1.47. The molecule has 0 aromatic heterocycles. The lowest BCUT2D eigenvalue weighted by molar-refractivity contribution is -0.141. The highest BCUT2D eigenvalue weighted by Gasteiger charge is 2.48. The van der Waals surface area contributed by atoms with Crippen molar-refractivity contribution in [1.82, 2.24) is 0 Å². The lowest BCUT2D eigenvalue weighted by Gasteiger charge is -2.38. The highest BCUT2D eigenvalue weighted by Crippen LogP contribution is 2.51. The number of hydrogen-bond donors (Lipinski definition) is 0.